The van der Waals surface area contributed by atoms with Crippen LogP contribution in [0.1, 0.15) is 6.42 Å². The molecule has 0 aromatic rings. The fourth-order valence-electron chi connectivity index (χ4n) is 1.30. The minimum Gasteiger partial charge on any atom is -0.350 e. The fraction of sp³-hybridized carbons (Fsp3) is 0.250. The number of rotatable bonds is 3. The van der Waals surface area contributed by atoms with E-state index in [1.165, 1.54) is 6.08 Å². The van der Waals surface area contributed by atoms with Crippen LogP contribution in [0.3, 0.4) is 0 Å². The Morgan fingerprint density at radius 3 is 2.65 bits per heavy atom. The third-order valence-corrected chi connectivity index (χ3v) is 2.13. The maximum absolute atomic E-state index is 10.9. The number of hydrogen-bond acceptors (Lipinski definition) is 5. The maximum Gasteiger partial charge on any atom is 0.338 e. The highest BCUT2D eigenvalue weighted by molar-refractivity contribution is 5.86. The van der Waals surface area contributed by atoms with Gasteiger partial charge in [0.25, 0.3) is 11.2 Å². The van der Waals surface area contributed by atoms with Crippen LogP contribution >= 0.6 is 0 Å². The number of carbonyl (C=O) groups is 1. The molecule has 1 aliphatic rings. The molecule has 0 bridgehead atoms. The van der Waals surface area contributed by atoms with E-state index >= 15 is 0 Å². The summed E-state index contributed by atoms with van der Waals surface area (Å²) >= 11 is 0. The minimum atomic E-state index is -1.90. The van der Waals surface area contributed by atoms with E-state index in [9.17, 15) is 25.0 Å². The van der Waals surface area contributed by atoms with Crippen molar-refractivity contribution in [1.82, 2.24) is 0 Å². The number of allylic oxidation sites excluding steroid dienone is 2. The van der Waals surface area contributed by atoms with E-state index < -0.39 is 27.8 Å². The lowest BCUT2D eigenvalue weighted by molar-refractivity contribution is -0.539. The van der Waals surface area contributed by atoms with E-state index in [0.29, 0.717) is 6.21 Å². The van der Waals surface area contributed by atoms with Crippen LogP contribution in [0.5, 0.6) is 0 Å². The Balaban J connectivity index is 3.09. The quantitative estimate of drug-likeness (QED) is 0.428. The molecule has 0 aliphatic heterocycles. The van der Waals surface area contributed by atoms with E-state index in [2.05, 4.69) is 4.99 Å². The van der Waals surface area contributed by atoms with Crippen molar-refractivity contribution in [1.29, 1.82) is 0 Å². The van der Waals surface area contributed by atoms with Crippen LogP contribution in [0.4, 0.5) is 4.79 Å². The molecule has 9 heteroatoms. The van der Waals surface area contributed by atoms with Crippen LogP contribution in [0, 0.1) is 20.2 Å². The van der Waals surface area contributed by atoms with Crippen molar-refractivity contribution in [2.24, 2.45) is 10.7 Å². The van der Waals surface area contributed by atoms with Crippen LogP contribution in [-0.4, -0.2) is 27.6 Å². The summed E-state index contributed by atoms with van der Waals surface area (Å²) in [5.41, 5.74) is 2.50. The highest BCUT2D eigenvalue weighted by Crippen LogP contribution is 2.25. The molecule has 1 aliphatic carbocycles. The first kappa shape index (κ1) is 12.5. The number of nitro groups is 2. The number of primary amides is 1. The molecule has 17 heavy (non-hydrogen) atoms. The predicted octanol–water partition coefficient (Wildman–Crippen LogP) is 0.272. The van der Waals surface area contributed by atoms with Crippen LogP contribution in [0.2, 0.25) is 0 Å². The van der Waals surface area contributed by atoms with E-state index in [4.69, 9.17) is 5.73 Å². The molecule has 2 amide bonds. The molecule has 0 spiro atoms. The van der Waals surface area contributed by atoms with Crippen molar-refractivity contribution in [3.8, 4) is 0 Å². The van der Waals surface area contributed by atoms with Gasteiger partial charge >= 0.3 is 6.03 Å². The van der Waals surface area contributed by atoms with Crippen LogP contribution in [-0.2, 0) is 0 Å². The Kier molecular flexibility index (Phi) is 3.31. The van der Waals surface area contributed by atoms with Crippen molar-refractivity contribution in [2.75, 3.05) is 0 Å². The zero-order valence-corrected chi connectivity index (χ0v) is 8.48. The number of hydrogen-bond donors (Lipinski definition) is 1. The van der Waals surface area contributed by atoms with Gasteiger partial charge in [0.15, 0.2) is 0 Å². The molecule has 2 N–H and O–H groups in total. The zero-order chi connectivity index (χ0) is 13.1. The third-order valence-electron chi connectivity index (χ3n) is 2.13. The summed E-state index contributed by atoms with van der Waals surface area (Å²) in [6.07, 6.45) is 3.67. The van der Waals surface area contributed by atoms with Gasteiger partial charge in [-0.1, -0.05) is 6.08 Å². The van der Waals surface area contributed by atoms with Crippen molar-refractivity contribution in [2.45, 2.75) is 12.0 Å². The van der Waals surface area contributed by atoms with Gasteiger partial charge in [-0.3, -0.25) is 20.2 Å². The smallest absolute Gasteiger partial charge is 0.338 e. The van der Waals surface area contributed by atoms with E-state index in [1.54, 1.807) is 0 Å². The second kappa shape index (κ2) is 4.51. The molecule has 0 radical (unpaired) electrons. The normalized spacial score (nSPS) is 23.4. The average molecular weight is 240 g/mol. The Labute approximate surface area is 94.6 Å². The van der Waals surface area contributed by atoms with E-state index in [1.807, 2.05) is 0 Å². The zero-order valence-electron chi connectivity index (χ0n) is 8.48. The second-order valence-corrected chi connectivity index (χ2v) is 3.30. The van der Waals surface area contributed by atoms with Crippen molar-refractivity contribution >= 4 is 12.2 Å². The number of amides is 2. The molecule has 0 aromatic carbocycles. The summed E-state index contributed by atoms with van der Waals surface area (Å²) in [5, 5.41) is 21.5. The first-order chi connectivity index (χ1) is 7.87. The first-order valence-electron chi connectivity index (χ1n) is 4.39. The lowest BCUT2D eigenvalue weighted by Gasteiger charge is -2.17. The van der Waals surface area contributed by atoms with Gasteiger partial charge in [-0.2, -0.15) is 4.99 Å². The van der Waals surface area contributed by atoms with Crippen LogP contribution < -0.4 is 5.73 Å². The van der Waals surface area contributed by atoms with Gasteiger partial charge in [0.1, 0.15) is 6.42 Å². The van der Waals surface area contributed by atoms with Crippen molar-refractivity contribution < 1.29 is 14.6 Å². The lowest BCUT2D eigenvalue weighted by Crippen LogP contribution is -2.40. The van der Waals surface area contributed by atoms with Crippen LogP contribution in [0.25, 0.3) is 0 Å². The fourth-order valence-corrected chi connectivity index (χ4v) is 1.30. The number of carbonyl (C=O) groups excluding carboxylic acids is 1. The van der Waals surface area contributed by atoms with E-state index in [0.717, 1.165) is 12.2 Å². The topological polar surface area (TPSA) is 142 Å². The molecule has 1 unspecified atom stereocenters. The van der Waals surface area contributed by atoms with Gasteiger partial charge in [-0.25, -0.2) is 4.79 Å². The monoisotopic (exact) mass is 240 g/mol. The lowest BCUT2D eigenvalue weighted by atomic mass is 9.91. The summed E-state index contributed by atoms with van der Waals surface area (Å²) in [6.45, 7) is 0. The summed E-state index contributed by atoms with van der Waals surface area (Å²) in [7, 11) is 0. The number of nitrogens with two attached hydrogens (primary N) is 1. The van der Waals surface area contributed by atoms with Crippen molar-refractivity contribution in [3.05, 3.63) is 44.2 Å². The Morgan fingerprint density at radius 2 is 2.18 bits per heavy atom. The van der Waals surface area contributed by atoms with Gasteiger partial charge in [0, 0.05) is 11.0 Å². The molecule has 0 heterocycles. The highest BCUT2D eigenvalue weighted by atomic mass is 16.6. The van der Waals surface area contributed by atoms with Gasteiger partial charge in [0.05, 0.1) is 11.1 Å². The molecule has 0 saturated heterocycles. The molecular weight excluding hydrogens is 232 g/mol. The summed E-state index contributed by atoms with van der Waals surface area (Å²) < 4.78 is 0. The summed E-state index contributed by atoms with van der Waals surface area (Å²) in [6, 6.07) is -1.10. The van der Waals surface area contributed by atoms with Crippen LogP contribution in [0.15, 0.2) is 28.9 Å². The molecule has 9 nitrogen and oxygen atoms in total. The highest BCUT2D eigenvalue weighted by Gasteiger charge is 2.44. The average Bonchev–Trinajstić information content (AvgIpc) is 2.26. The SMILES string of the molecule is NC(=O)N=CC1([N+](=O)[O-])C=CC=C([N+](=O)[O-])C1. The molecule has 90 valence electrons. The maximum atomic E-state index is 10.9. The number of nitrogens with zero attached hydrogens (tertiary/aromatic N) is 3. The first-order valence-corrected chi connectivity index (χ1v) is 4.39. The second-order valence-electron chi connectivity index (χ2n) is 3.30. The largest absolute Gasteiger partial charge is 0.350 e. The Bertz CT molecular complexity index is 467. The molecule has 0 aromatic heterocycles. The van der Waals surface area contributed by atoms with E-state index in [-0.39, 0.29) is 5.70 Å². The van der Waals surface area contributed by atoms with Crippen molar-refractivity contribution in [3.63, 3.8) is 0 Å². The summed E-state index contributed by atoms with van der Waals surface area (Å²) in [5.74, 6) is 0. The Morgan fingerprint density at radius 1 is 1.53 bits per heavy atom. The molecule has 0 fully saturated rings. The van der Waals surface area contributed by atoms with Gasteiger partial charge < -0.3 is 5.73 Å². The molecule has 1 atom stereocenters. The van der Waals surface area contributed by atoms with Gasteiger partial charge in [0.2, 0.25) is 0 Å². The summed E-state index contributed by atoms with van der Waals surface area (Å²) in [4.78, 5) is 33.5. The predicted molar refractivity (Wildman–Crippen MR) is 56.6 cm³/mol. The Hall–Kier alpha value is -2.58. The molecule has 0 saturated carbocycles. The minimum absolute atomic E-state index is 0.333. The molecular formula is C8H8N4O5. The number of urea groups is 1. The van der Waals surface area contributed by atoms with Gasteiger partial charge in [-0.15, -0.1) is 0 Å². The third kappa shape index (κ3) is 2.71. The number of aliphatic imine (C=N–C) groups is 1. The molecule has 1 rings (SSSR count). The van der Waals surface area contributed by atoms with Gasteiger partial charge in [-0.05, 0) is 6.08 Å². The standard InChI is InChI=1S/C8H8N4O5/c9-7(13)10-5-8(12(16)17)3-1-2-6(4-8)11(14)15/h1-3,5H,4H2,(H2,9,13).